The minimum atomic E-state index is -0.493. The summed E-state index contributed by atoms with van der Waals surface area (Å²) in [6.07, 6.45) is 8.38. The maximum atomic E-state index is 15.2. The van der Waals surface area contributed by atoms with E-state index in [0.717, 1.165) is 55.2 Å². The van der Waals surface area contributed by atoms with Crippen LogP contribution in [0.1, 0.15) is 78.7 Å². The van der Waals surface area contributed by atoms with Crippen LogP contribution in [-0.2, 0) is 11.0 Å². The molecule has 3 rings (SSSR count). The van der Waals surface area contributed by atoms with E-state index in [-0.39, 0.29) is 11.0 Å². The molecule has 0 radical (unpaired) electrons. The summed E-state index contributed by atoms with van der Waals surface area (Å²) in [4.78, 5) is 2.29. The predicted octanol–water partition coefficient (Wildman–Crippen LogP) is 6.74. The molecule has 0 N–H and O–H groups in total. The topological polar surface area (TPSA) is 7.12 Å². The zero-order valence-corrected chi connectivity index (χ0v) is 19.5. The molecule has 0 aliphatic carbocycles. The summed E-state index contributed by atoms with van der Waals surface area (Å²) in [5.74, 6) is -0.962. The zero-order chi connectivity index (χ0) is 22.1. The number of fused-ring (bicyclic) bond motifs is 3. The van der Waals surface area contributed by atoms with Crippen molar-refractivity contribution in [3.8, 4) is 11.3 Å². The average molecular weight is 416 g/mol. The molecule has 1 unspecified atom stereocenters. The molecule has 2 nitrogen and oxygen atoms in total. The average Bonchev–Trinajstić information content (AvgIpc) is 2.74. The lowest BCUT2D eigenvalue weighted by Crippen LogP contribution is -2.69. The Bertz CT molecular complexity index is 904. The van der Waals surface area contributed by atoms with E-state index in [1.807, 2.05) is 6.07 Å². The van der Waals surface area contributed by atoms with Crippen LogP contribution in [0, 0.1) is 11.6 Å². The minimum Gasteiger partial charge on any atom is -0.370 e. The molecule has 0 spiro atoms. The number of rotatable bonds is 8. The van der Waals surface area contributed by atoms with Crippen molar-refractivity contribution in [3.05, 3.63) is 47.7 Å². The monoisotopic (exact) mass is 415 g/mol. The van der Waals surface area contributed by atoms with Gasteiger partial charge in [-0.2, -0.15) is 4.57 Å². The van der Waals surface area contributed by atoms with Crippen molar-refractivity contribution < 1.29 is 13.3 Å². The van der Waals surface area contributed by atoms with Crippen molar-refractivity contribution in [2.75, 3.05) is 18.5 Å². The third-order valence-electron chi connectivity index (χ3n) is 7.74. The lowest BCUT2D eigenvalue weighted by molar-refractivity contribution is -0.769. The van der Waals surface area contributed by atoms with Gasteiger partial charge in [0.2, 0.25) is 5.69 Å². The molecule has 30 heavy (non-hydrogen) atoms. The van der Waals surface area contributed by atoms with Gasteiger partial charge in [-0.3, -0.25) is 0 Å². The molecule has 0 fully saturated rings. The Morgan fingerprint density at radius 2 is 1.67 bits per heavy atom. The van der Waals surface area contributed by atoms with Crippen molar-refractivity contribution in [1.82, 2.24) is 0 Å². The van der Waals surface area contributed by atoms with Crippen LogP contribution in [0.15, 0.2) is 30.5 Å². The number of benzene rings is 1. The van der Waals surface area contributed by atoms with Gasteiger partial charge < -0.3 is 4.90 Å². The predicted molar refractivity (Wildman–Crippen MR) is 121 cm³/mol. The highest BCUT2D eigenvalue weighted by molar-refractivity contribution is 5.67. The van der Waals surface area contributed by atoms with E-state index in [1.165, 1.54) is 12.8 Å². The van der Waals surface area contributed by atoms with Gasteiger partial charge in [0.05, 0.1) is 11.0 Å². The Labute approximate surface area is 180 Å². The summed E-state index contributed by atoms with van der Waals surface area (Å²) in [7, 11) is 2.13. The van der Waals surface area contributed by atoms with E-state index in [0.29, 0.717) is 5.56 Å². The lowest BCUT2D eigenvalue weighted by Gasteiger charge is -2.47. The molecule has 0 bridgehead atoms. The third-order valence-corrected chi connectivity index (χ3v) is 7.74. The summed E-state index contributed by atoms with van der Waals surface area (Å²) < 4.78 is 31.8. The molecule has 4 heteroatoms. The van der Waals surface area contributed by atoms with E-state index in [1.54, 1.807) is 6.07 Å². The number of hydrogen-bond acceptors (Lipinski definition) is 1. The number of hydrogen-bond donors (Lipinski definition) is 0. The number of anilines is 1. The quantitative estimate of drug-likeness (QED) is 0.342. The van der Waals surface area contributed by atoms with Gasteiger partial charge in [-0.15, -0.1) is 0 Å². The molecule has 0 saturated carbocycles. The largest absolute Gasteiger partial charge is 0.370 e. The SMILES string of the molecule is CCCCCN(C)c1ccc2[n+](c1)C(CC)(CC)C(C)(CC)c1cc(F)cc(F)c1-2. The maximum absolute atomic E-state index is 15.2. The first kappa shape index (κ1) is 22.7. The van der Waals surface area contributed by atoms with Gasteiger partial charge in [0.1, 0.15) is 17.3 Å². The maximum Gasteiger partial charge on any atom is 0.216 e. The molecule has 2 aromatic rings. The zero-order valence-electron chi connectivity index (χ0n) is 19.5. The highest BCUT2D eigenvalue weighted by Crippen LogP contribution is 2.52. The number of nitrogens with zero attached hydrogens (tertiary/aromatic N) is 2. The molecule has 1 aromatic heterocycles. The Kier molecular flexibility index (Phi) is 6.54. The summed E-state index contributed by atoms with van der Waals surface area (Å²) in [6, 6.07) is 6.70. The number of unbranched alkanes of at least 4 members (excludes halogenated alkanes) is 2. The Morgan fingerprint density at radius 3 is 2.27 bits per heavy atom. The van der Waals surface area contributed by atoms with E-state index in [4.69, 9.17) is 0 Å². The normalized spacial score (nSPS) is 19.3. The Morgan fingerprint density at radius 1 is 0.967 bits per heavy atom. The summed E-state index contributed by atoms with van der Waals surface area (Å²) in [5, 5.41) is 0. The summed E-state index contributed by atoms with van der Waals surface area (Å²) >= 11 is 0. The standard InChI is InChI=1S/C26H37F2N2/c1-7-11-12-15-29(6)20-13-14-23-24-21(16-19(27)17-22(24)28)25(5,8-2)26(9-3,10-4)30(23)18-20/h13-14,16-18H,7-12,15H2,1-6H3/q+1. The first-order valence-corrected chi connectivity index (χ1v) is 11.6. The highest BCUT2D eigenvalue weighted by atomic mass is 19.1. The smallest absolute Gasteiger partial charge is 0.216 e. The van der Waals surface area contributed by atoms with Crippen LogP contribution in [0.5, 0.6) is 0 Å². The second kappa shape index (κ2) is 8.64. The van der Waals surface area contributed by atoms with Crippen molar-refractivity contribution in [2.45, 2.75) is 84.1 Å². The van der Waals surface area contributed by atoms with Crippen molar-refractivity contribution in [2.24, 2.45) is 0 Å². The van der Waals surface area contributed by atoms with Gasteiger partial charge in [0.15, 0.2) is 11.7 Å². The van der Waals surface area contributed by atoms with Gasteiger partial charge in [0, 0.05) is 38.6 Å². The highest BCUT2D eigenvalue weighted by Gasteiger charge is 2.59. The fraction of sp³-hybridized carbons (Fsp3) is 0.577. The molecular weight excluding hydrogens is 378 g/mol. The van der Waals surface area contributed by atoms with Crippen LogP contribution < -0.4 is 9.47 Å². The first-order chi connectivity index (χ1) is 14.3. The number of pyridine rings is 1. The van der Waals surface area contributed by atoms with Crippen molar-refractivity contribution >= 4 is 5.69 Å². The Hall–Kier alpha value is -1.97. The van der Waals surface area contributed by atoms with Crippen molar-refractivity contribution in [1.29, 1.82) is 0 Å². The van der Waals surface area contributed by atoms with Gasteiger partial charge in [-0.05, 0) is 37.5 Å². The fourth-order valence-electron chi connectivity index (χ4n) is 5.68. The summed E-state index contributed by atoms with van der Waals surface area (Å²) in [6.45, 7) is 11.9. The fourth-order valence-corrected chi connectivity index (χ4v) is 5.68. The minimum absolute atomic E-state index is 0.245. The lowest BCUT2D eigenvalue weighted by atomic mass is 9.59. The van der Waals surface area contributed by atoms with Crippen LogP contribution in [0.4, 0.5) is 14.5 Å². The molecule has 1 atom stereocenters. The van der Waals surface area contributed by atoms with Crippen molar-refractivity contribution in [3.63, 3.8) is 0 Å². The van der Waals surface area contributed by atoms with E-state index in [9.17, 15) is 4.39 Å². The molecule has 0 saturated heterocycles. The third kappa shape index (κ3) is 3.33. The Balaban J connectivity index is 2.27. The number of aromatic nitrogens is 1. The van der Waals surface area contributed by atoms with Gasteiger partial charge in [0.25, 0.3) is 0 Å². The second-order valence-electron chi connectivity index (χ2n) is 9.01. The van der Waals surface area contributed by atoms with E-state index in [2.05, 4.69) is 63.4 Å². The van der Waals surface area contributed by atoms with Crippen LogP contribution in [0.3, 0.4) is 0 Å². The van der Waals surface area contributed by atoms with E-state index < -0.39 is 11.6 Å². The van der Waals surface area contributed by atoms with Crippen LogP contribution in [0.2, 0.25) is 0 Å². The molecule has 1 aliphatic heterocycles. The van der Waals surface area contributed by atoms with Crippen LogP contribution in [-0.4, -0.2) is 13.6 Å². The van der Waals surface area contributed by atoms with E-state index >= 15 is 4.39 Å². The van der Waals surface area contributed by atoms with Crippen LogP contribution >= 0.6 is 0 Å². The van der Waals surface area contributed by atoms with Crippen LogP contribution in [0.25, 0.3) is 11.3 Å². The molecule has 2 heterocycles. The molecule has 0 amide bonds. The van der Waals surface area contributed by atoms with Gasteiger partial charge in [-0.1, -0.05) is 40.5 Å². The summed E-state index contributed by atoms with van der Waals surface area (Å²) in [5.41, 5.74) is 2.73. The molecule has 164 valence electrons. The molecule has 1 aromatic carbocycles. The second-order valence-corrected chi connectivity index (χ2v) is 9.01. The number of halogens is 2. The first-order valence-electron chi connectivity index (χ1n) is 11.6. The molecular formula is C26H37F2N2+. The van der Waals surface area contributed by atoms with Gasteiger partial charge in [-0.25, -0.2) is 8.78 Å². The molecule has 1 aliphatic rings. The van der Waals surface area contributed by atoms with Gasteiger partial charge >= 0.3 is 0 Å².